The SMILES string of the molecule is CCN(CC)S(=O)(=O)c1cccc(C(=O)N2CCN(Cc3ccc(Cl)s3)CC2)c1. The second-order valence-corrected chi connectivity index (χ2v) is 10.6. The molecule has 3 rings (SSSR count). The summed E-state index contributed by atoms with van der Waals surface area (Å²) in [5.74, 6) is -0.125. The summed E-state index contributed by atoms with van der Waals surface area (Å²) in [6.07, 6.45) is 0. The van der Waals surface area contributed by atoms with E-state index in [-0.39, 0.29) is 10.8 Å². The van der Waals surface area contributed by atoms with E-state index in [1.165, 1.54) is 15.2 Å². The fourth-order valence-electron chi connectivity index (χ4n) is 3.45. The van der Waals surface area contributed by atoms with E-state index in [0.29, 0.717) is 31.7 Å². The van der Waals surface area contributed by atoms with Crippen LogP contribution in [0.15, 0.2) is 41.3 Å². The Morgan fingerprint density at radius 1 is 1.10 bits per heavy atom. The molecule has 1 amide bonds. The molecule has 1 aromatic carbocycles. The molecule has 0 aliphatic carbocycles. The van der Waals surface area contributed by atoms with Crippen LogP contribution in [0.3, 0.4) is 0 Å². The summed E-state index contributed by atoms with van der Waals surface area (Å²) in [7, 11) is -3.58. The van der Waals surface area contributed by atoms with Gasteiger partial charge in [0.25, 0.3) is 5.91 Å². The predicted molar refractivity (Wildman–Crippen MR) is 117 cm³/mol. The van der Waals surface area contributed by atoms with Crippen LogP contribution in [0.5, 0.6) is 0 Å². The second kappa shape index (κ2) is 9.57. The Bertz CT molecular complexity index is 949. The van der Waals surface area contributed by atoms with Gasteiger partial charge in [-0.3, -0.25) is 9.69 Å². The largest absolute Gasteiger partial charge is 0.336 e. The lowest BCUT2D eigenvalue weighted by Gasteiger charge is -2.34. The van der Waals surface area contributed by atoms with Crippen LogP contribution in [0.4, 0.5) is 0 Å². The monoisotopic (exact) mass is 455 g/mol. The average Bonchev–Trinajstić information content (AvgIpc) is 3.13. The van der Waals surface area contributed by atoms with Crippen LogP contribution in [-0.2, 0) is 16.6 Å². The minimum atomic E-state index is -3.58. The van der Waals surface area contributed by atoms with Gasteiger partial charge in [-0.15, -0.1) is 11.3 Å². The molecule has 1 aliphatic rings. The zero-order valence-corrected chi connectivity index (χ0v) is 19.1. The number of hydrogen-bond donors (Lipinski definition) is 0. The Morgan fingerprint density at radius 2 is 1.79 bits per heavy atom. The van der Waals surface area contributed by atoms with Gasteiger partial charge in [-0.1, -0.05) is 31.5 Å². The van der Waals surface area contributed by atoms with Crippen molar-refractivity contribution in [2.75, 3.05) is 39.3 Å². The number of benzene rings is 1. The quantitative estimate of drug-likeness (QED) is 0.642. The Balaban J connectivity index is 1.65. The first-order chi connectivity index (χ1) is 13.8. The number of hydrogen-bond acceptors (Lipinski definition) is 5. The molecule has 6 nitrogen and oxygen atoms in total. The van der Waals surface area contributed by atoms with Gasteiger partial charge >= 0.3 is 0 Å². The van der Waals surface area contributed by atoms with Crippen molar-refractivity contribution in [3.8, 4) is 0 Å². The van der Waals surface area contributed by atoms with Crippen LogP contribution in [-0.4, -0.2) is 67.7 Å². The molecule has 2 aromatic rings. The summed E-state index contributed by atoms with van der Waals surface area (Å²) in [4.78, 5) is 18.4. The van der Waals surface area contributed by atoms with Crippen molar-refractivity contribution in [1.29, 1.82) is 0 Å². The van der Waals surface area contributed by atoms with Gasteiger partial charge in [-0.2, -0.15) is 4.31 Å². The molecule has 0 spiro atoms. The van der Waals surface area contributed by atoms with E-state index in [0.717, 1.165) is 24.0 Å². The van der Waals surface area contributed by atoms with Crippen LogP contribution in [0.2, 0.25) is 4.34 Å². The molecular formula is C20H26ClN3O3S2. The Hall–Kier alpha value is -1.45. The predicted octanol–water partition coefficient (Wildman–Crippen LogP) is 3.39. The third kappa shape index (κ3) is 5.19. The third-order valence-corrected chi connectivity index (χ3v) is 8.35. The van der Waals surface area contributed by atoms with Crippen molar-refractivity contribution in [2.24, 2.45) is 0 Å². The number of nitrogens with zero attached hydrogens (tertiary/aromatic N) is 3. The zero-order chi connectivity index (χ0) is 21.0. The zero-order valence-electron chi connectivity index (χ0n) is 16.7. The molecule has 0 unspecified atom stereocenters. The van der Waals surface area contributed by atoms with Gasteiger partial charge in [0.05, 0.1) is 9.23 Å². The Morgan fingerprint density at radius 3 is 2.38 bits per heavy atom. The summed E-state index contributed by atoms with van der Waals surface area (Å²) >= 11 is 7.57. The summed E-state index contributed by atoms with van der Waals surface area (Å²) in [6.45, 7) is 8.02. The highest BCUT2D eigenvalue weighted by molar-refractivity contribution is 7.89. The van der Waals surface area contributed by atoms with Crippen molar-refractivity contribution in [3.05, 3.63) is 51.2 Å². The van der Waals surface area contributed by atoms with Crippen LogP contribution < -0.4 is 0 Å². The number of carbonyl (C=O) groups is 1. The Labute approximate surface area is 181 Å². The molecule has 158 valence electrons. The molecule has 0 N–H and O–H groups in total. The molecule has 1 aliphatic heterocycles. The van der Waals surface area contributed by atoms with E-state index in [9.17, 15) is 13.2 Å². The number of halogens is 1. The Kier molecular flexibility index (Phi) is 7.34. The maximum Gasteiger partial charge on any atom is 0.253 e. The topological polar surface area (TPSA) is 60.9 Å². The molecule has 9 heteroatoms. The molecule has 0 bridgehead atoms. The van der Waals surface area contributed by atoms with Gasteiger partial charge in [-0.05, 0) is 30.3 Å². The molecule has 1 fully saturated rings. The number of thiophene rings is 1. The van der Waals surface area contributed by atoms with E-state index >= 15 is 0 Å². The van der Waals surface area contributed by atoms with Gasteiger partial charge in [-0.25, -0.2) is 8.42 Å². The second-order valence-electron chi connectivity index (χ2n) is 6.89. The smallest absolute Gasteiger partial charge is 0.253 e. The van der Waals surface area contributed by atoms with Crippen LogP contribution >= 0.6 is 22.9 Å². The summed E-state index contributed by atoms with van der Waals surface area (Å²) in [5, 5.41) is 0. The molecule has 29 heavy (non-hydrogen) atoms. The maximum atomic E-state index is 12.9. The van der Waals surface area contributed by atoms with E-state index < -0.39 is 10.0 Å². The number of rotatable bonds is 7. The van der Waals surface area contributed by atoms with Crippen molar-refractivity contribution < 1.29 is 13.2 Å². The lowest BCUT2D eigenvalue weighted by Crippen LogP contribution is -2.48. The van der Waals surface area contributed by atoms with E-state index in [1.54, 1.807) is 48.3 Å². The number of carbonyl (C=O) groups excluding carboxylic acids is 1. The van der Waals surface area contributed by atoms with E-state index in [2.05, 4.69) is 4.90 Å². The third-order valence-electron chi connectivity index (χ3n) is 5.09. The molecule has 1 aromatic heterocycles. The minimum absolute atomic E-state index is 0.125. The van der Waals surface area contributed by atoms with Crippen molar-refractivity contribution in [3.63, 3.8) is 0 Å². The maximum absolute atomic E-state index is 12.9. The van der Waals surface area contributed by atoms with Gasteiger partial charge in [0, 0.05) is 56.3 Å². The van der Waals surface area contributed by atoms with Crippen LogP contribution in [0.25, 0.3) is 0 Å². The van der Waals surface area contributed by atoms with Gasteiger partial charge in [0.2, 0.25) is 10.0 Å². The van der Waals surface area contributed by atoms with Crippen LogP contribution in [0, 0.1) is 0 Å². The molecule has 0 radical (unpaired) electrons. The highest BCUT2D eigenvalue weighted by Gasteiger charge is 2.25. The lowest BCUT2D eigenvalue weighted by atomic mass is 10.2. The minimum Gasteiger partial charge on any atom is -0.336 e. The molecule has 1 saturated heterocycles. The normalized spacial score (nSPS) is 15.8. The molecule has 0 atom stereocenters. The first kappa shape index (κ1) is 22.2. The molecule has 0 saturated carbocycles. The fourth-order valence-corrected chi connectivity index (χ4v) is 6.09. The number of sulfonamides is 1. The number of piperazine rings is 1. The van der Waals surface area contributed by atoms with Gasteiger partial charge in [0.15, 0.2) is 0 Å². The summed E-state index contributed by atoms with van der Waals surface area (Å²) < 4.78 is 27.7. The van der Waals surface area contributed by atoms with Crippen molar-refractivity contribution >= 4 is 38.9 Å². The van der Waals surface area contributed by atoms with Crippen molar-refractivity contribution in [1.82, 2.24) is 14.1 Å². The first-order valence-corrected chi connectivity index (χ1v) is 12.3. The highest BCUT2D eigenvalue weighted by Crippen LogP contribution is 2.23. The van der Waals surface area contributed by atoms with Gasteiger partial charge in [0.1, 0.15) is 0 Å². The summed E-state index contributed by atoms with van der Waals surface area (Å²) in [6, 6.07) is 10.3. The van der Waals surface area contributed by atoms with E-state index in [1.807, 2.05) is 12.1 Å². The van der Waals surface area contributed by atoms with Gasteiger partial charge < -0.3 is 4.90 Å². The first-order valence-electron chi connectivity index (χ1n) is 9.71. The molecular weight excluding hydrogens is 430 g/mol. The molecule has 2 heterocycles. The standard InChI is InChI=1S/C20H26ClN3O3S2/c1-3-24(4-2)29(26,27)18-7-5-6-16(14-18)20(25)23-12-10-22(11-13-23)15-17-8-9-19(21)28-17/h5-9,14H,3-4,10-13,15H2,1-2H3. The summed E-state index contributed by atoms with van der Waals surface area (Å²) in [5.41, 5.74) is 0.414. The van der Waals surface area contributed by atoms with E-state index in [4.69, 9.17) is 11.6 Å². The average molecular weight is 456 g/mol. The highest BCUT2D eigenvalue weighted by atomic mass is 35.5. The lowest BCUT2D eigenvalue weighted by molar-refractivity contribution is 0.0629. The van der Waals surface area contributed by atoms with Crippen molar-refractivity contribution in [2.45, 2.75) is 25.3 Å². The van der Waals surface area contributed by atoms with Crippen LogP contribution in [0.1, 0.15) is 29.1 Å². The number of amides is 1. The fraction of sp³-hybridized carbons (Fsp3) is 0.450.